The average molecular weight is 350 g/mol. The van der Waals surface area contributed by atoms with E-state index >= 15 is 0 Å². The van der Waals surface area contributed by atoms with Gasteiger partial charge in [0.2, 0.25) is 5.91 Å². The van der Waals surface area contributed by atoms with E-state index in [1.54, 1.807) is 6.92 Å². The van der Waals surface area contributed by atoms with E-state index < -0.39 is 24.0 Å². The van der Waals surface area contributed by atoms with Crippen molar-refractivity contribution in [3.8, 4) is 0 Å². The van der Waals surface area contributed by atoms with Crippen molar-refractivity contribution < 1.29 is 18.0 Å². The number of alkyl halides is 3. The number of carbonyl (C=O) groups is 1. The monoisotopic (exact) mass is 350 g/mol. The van der Waals surface area contributed by atoms with Gasteiger partial charge in [0.15, 0.2) is 0 Å². The van der Waals surface area contributed by atoms with Gasteiger partial charge in [0, 0.05) is 24.2 Å². The maximum absolute atomic E-state index is 12.1. The Bertz CT molecular complexity index is 666. The molecule has 1 amide bonds. The molecule has 10 heteroatoms. The Labute approximate surface area is 136 Å². The second-order valence-corrected chi connectivity index (χ2v) is 5.57. The molecule has 0 aliphatic carbocycles. The summed E-state index contributed by atoms with van der Waals surface area (Å²) in [6, 6.07) is 0. The number of aryl methyl sites for hydroxylation is 1. The van der Waals surface area contributed by atoms with Crippen LogP contribution in [0.4, 0.5) is 13.2 Å². The van der Waals surface area contributed by atoms with Gasteiger partial charge in [-0.1, -0.05) is 0 Å². The second-order valence-electron chi connectivity index (χ2n) is 5.57. The lowest BCUT2D eigenvalue weighted by Crippen LogP contribution is -2.34. The lowest BCUT2D eigenvalue weighted by atomic mass is 10.1. The molecule has 0 unspecified atom stereocenters. The fraction of sp³-hybridized carbons (Fsp3) is 0.643. The Morgan fingerprint density at radius 2 is 1.92 bits per heavy atom. The second kappa shape index (κ2) is 8.67. The minimum atomic E-state index is -4.24. The summed E-state index contributed by atoms with van der Waals surface area (Å²) in [6.07, 6.45) is -3.64. The third kappa shape index (κ3) is 7.44. The van der Waals surface area contributed by atoms with E-state index in [1.807, 2.05) is 0 Å². The Kier molecular flexibility index (Phi) is 7.20. The zero-order chi connectivity index (χ0) is 18.3. The molecule has 0 spiro atoms. The first-order valence-electron chi connectivity index (χ1n) is 7.42. The third-order valence-electron chi connectivity index (χ3n) is 3.34. The van der Waals surface area contributed by atoms with Crippen LogP contribution in [0, 0.1) is 6.92 Å². The number of amides is 1. The van der Waals surface area contributed by atoms with Crippen LogP contribution in [-0.2, 0) is 11.2 Å². The highest BCUT2D eigenvalue weighted by atomic mass is 19.4. The van der Waals surface area contributed by atoms with Crippen LogP contribution in [0.25, 0.3) is 0 Å². The van der Waals surface area contributed by atoms with Gasteiger partial charge in [0.1, 0.15) is 0 Å². The maximum Gasteiger partial charge on any atom is 0.401 e. The highest BCUT2D eigenvalue weighted by Gasteiger charge is 2.28. The molecule has 0 saturated heterocycles. The molecule has 24 heavy (non-hydrogen) atoms. The number of aromatic amines is 2. The SMILES string of the molecule is Cc1[nH]c(=O)[nH]c(=O)c1CCC(=O)NCCCN(C)CC(F)(F)F. The van der Waals surface area contributed by atoms with Crippen LogP contribution in [0.2, 0.25) is 0 Å². The molecule has 0 atom stereocenters. The predicted octanol–water partition coefficient (Wildman–Crippen LogP) is 0.305. The van der Waals surface area contributed by atoms with Crippen LogP contribution < -0.4 is 16.6 Å². The molecule has 0 aliphatic heterocycles. The summed E-state index contributed by atoms with van der Waals surface area (Å²) in [4.78, 5) is 40.0. The van der Waals surface area contributed by atoms with Crippen molar-refractivity contribution in [3.05, 3.63) is 32.1 Å². The van der Waals surface area contributed by atoms with Gasteiger partial charge in [0.05, 0.1) is 6.54 Å². The Morgan fingerprint density at radius 1 is 1.25 bits per heavy atom. The van der Waals surface area contributed by atoms with Crippen LogP contribution >= 0.6 is 0 Å². The molecule has 0 fully saturated rings. The lowest BCUT2D eigenvalue weighted by Gasteiger charge is -2.18. The number of aromatic nitrogens is 2. The molecule has 7 nitrogen and oxygen atoms in total. The number of halogens is 3. The molecule has 0 radical (unpaired) electrons. The first-order valence-corrected chi connectivity index (χ1v) is 7.42. The van der Waals surface area contributed by atoms with Crippen LogP contribution in [0.5, 0.6) is 0 Å². The van der Waals surface area contributed by atoms with Crippen LogP contribution in [0.3, 0.4) is 0 Å². The number of hydrogen-bond acceptors (Lipinski definition) is 4. The number of H-pyrrole nitrogens is 2. The van der Waals surface area contributed by atoms with E-state index in [4.69, 9.17) is 0 Å². The standard InChI is InChI=1S/C14H21F3N4O3/c1-9-10(12(23)20-13(24)19-9)4-5-11(22)18-6-3-7-21(2)8-14(15,16)17/h3-8H2,1-2H3,(H,18,22)(H2,19,20,23,24). The van der Waals surface area contributed by atoms with Crippen LogP contribution in [0.1, 0.15) is 24.1 Å². The molecule has 0 bridgehead atoms. The van der Waals surface area contributed by atoms with E-state index in [0.29, 0.717) is 17.7 Å². The number of nitrogens with one attached hydrogen (secondary N) is 3. The molecule has 1 rings (SSSR count). The normalized spacial score (nSPS) is 11.8. The fourth-order valence-electron chi connectivity index (χ4n) is 2.22. The van der Waals surface area contributed by atoms with Crippen molar-refractivity contribution in [1.29, 1.82) is 0 Å². The fourth-order valence-corrected chi connectivity index (χ4v) is 2.22. The van der Waals surface area contributed by atoms with E-state index in [2.05, 4.69) is 15.3 Å². The number of nitrogens with zero attached hydrogens (tertiary/aromatic N) is 1. The van der Waals surface area contributed by atoms with Crippen molar-refractivity contribution in [3.63, 3.8) is 0 Å². The maximum atomic E-state index is 12.1. The van der Waals surface area contributed by atoms with Gasteiger partial charge in [-0.25, -0.2) is 4.79 Å². The summed E-state index contributed by atoms with van der Waals surface area (Å²) in [6.45, 7) is 1.04. The molecule has 1 aromatic rings. The quantitative estimate of drug-likeness (QED) is 0.588. The van der Waals surface area contributed by atoms with Crippen molar-refractivity contribution in [2.75, 3.05) is 26.7 Å². The van der Waals surface area contributed by atoms with E-state index in [9.17, 15) is 27.6 Å². The first-order chi connectivity index (χ1) is 11.1. The molecular formula is C14H21F3N4O3. The zero-order valence-electron chi connectivity index (χ0n) is 13.5. The number of carbonyl (C=O) groups excluding carboxylic acids is 1. The number of hydrogen-bond donors (Lipinski definition) is 3. The summed E-state index contributed by atoms with van der Waals surface area (Å²) < 4.78 is 36.4. The summed E-state index contributed by atoms with van der Waals surface area (Å²) >= 11 is 0. The summed E-state index contributed by atoms with van der Waals surface area (Å²) in [7, 11) is 1.36. The lowest BCUT2D eigenvalue weighted by molar-refractivity contribution is -0.143. The molecule has 3 N–H and O–H groups in total. The predicted molar refractivity (Wildman–Crippen MR) is 81.9 cm³/mol. The van der Waals surface area contributed by atoms with Gasteiger partial charge < -0.3 is 10.3 Å². The Balaban J connectivity index is 2.31. The van der Waals surface area contributed by atoms with Gasteiger partial charge in [-0.2, -0.15) is 13.2 Å². The minimum Gasteiger partial charge on any atom is -0.356 e. The number of rotatable bonds is 8. The Morgan fingerprint density at radius 3 is 2.50 bits per heavy atom. The van der Waals surface area contributed by atoms with Crippen molar-refractivity contribution in [2.24, 2.45) is 0 Å². The van der Waals surface area contributed by atoms with E-state index in [0.717, 1.165) is 4.90 Å². The molecular weight excluding hydrogens is 329 g/mol. The zero-order valence-corrected chi connectivity index (χ0v) is 13.5. The molecule has 1 aromatic heterocycles. The topological polar surface area (TPSA) is 98.1 Å². The van der Waals surface area contributed by atoms with Crippen LogP contribution in [-0.4, -0.2) is 53.6 Å². The average Bonchev–Trinajstić information content (AvgIpc) is 2.40. The first kappa shape index (κ1) is 19.9. The van der Waals surface area contributed by atoms with Gasteiger partial charge in [0.25, 0.3) is 5.56 Å². The van der Waals surface area contributed by atoms with E-state index in [1.165, 1.54) is 7.05 Å². The highest BCUT2D eigenvalue weighted by Crippen LogP contribution is 2.15. The summed E-state index contributed by atoms with van der Waals surface area (Å²) in [5.74, 6) is -0.307. The van der Waals surface area contributed by atoms with Gasteiger partial charge in [-0.3, -0.25) is 19.5 Å². The summed E-state index contributed by atoms with van der Waals surface area (Å²) in [5.41, 5.74) is -0.397. The molecule has 0 aliphatic rings. The Hall–Kier alpha value is -2.10. The smallest absolute Gasteiger partial charge is 0.356 e. The summed E-state index contributed by atoms with van der Waals surface area (Å²) in [5, 5.41) is 2.59. The van der Waals surface area contributed by atoms with Gasteiger partial charge in [-0.15, -0.1) is 0 Å². The van der Waals surface area contributed by atoms with Gasteiger partial charge in [-0.05, 0) is 33.4 Å². The van der Waals surface area contributed by atoms with Crippen molar-refractivity contribution >= 4 is 5.91 Å². The largest absolute Gasteiger partial charge is 0.401 e. The highest BCUT2D eigenvalue weighted by molar-refractivity contribution is 5.76. The van der Waals surface area contributed by atoms with Crippen LogP contribution in [0.15, 0.2) is 9.59 Å². The third-order valence-corrected chi connectivity index (χ3v) is 3.34. The molecule has 136 valence electrons. The minimum absolute atomic E-state index is 0.0500. The van der Waals surface area contributed by atoms with Gasteiger partial charge >= 0.3 is 11.9 Å². The van der Waals surface area contributed by atoms with Crippen molar-refractivity contribution in [1.82, 2.24) is 20.2 Å². The molecule has 1 heterocycles. The van der Waals surface area contributed by atoms with Crippen molar-refractivity contribution in [2.45, 2.75) is 32.4 Å². The molecule has 0 saturated carbocycles. The molecule has 0 aromatic carbocycles. The van der Waals surface area contributed by atoms with E-state index in [-0.39, 0.29) is 31.8 Å².